The molecule has 2 aromatic carbocycles. The fraction of sp³-hybridized carbons (Fsp3) is 0.278. The van der Waals surface area contributed by atoms with Gasteiger partial charge in [-0.05, 0) is 69.2 Å². The van der Waals surface area contributed by atoms with Gasteiger partial charge in [0.05, 0.1) is 15.4 Å². The molecule has 0 heterocycles. The normalized spacial score (nSPS) is 12.2. The van der Waals surface area contributed by atoms with Gasteiger partial charge in [-0.1, -0.05) is 0 Å². The maximum absolute atomic E-state index is 14.2. The highest BCUT2D eigenvalue weighted by Gasteiger charge is 2.21. The Labute approximate surface area is 169 Å². The van der Waals surface area contributed by atoms with Gasteiger partial charge in [-0.3, -0.25) is 4.79 Å². The molecule has 0 atom stereocenters. The summed E-state index contributed by atoms with van der Waals surface area (Å²) in [7, 11) is -7.96. The molecule has 11 heteroatoms. The molecule has 1 amide bonds. The average molecular weight is 444 g/mol. The molecule has 0 aromatic heterocycles. The van der Waals surface area contributed by atoms with Gasteiger partial charge < -0.3 is 5.32 Å². The molecule has 0 fully saturated rings. The highest BCUT2D eigenvalue weighted by Crippen LogP contribution is 2.25. The number of nitrogens with two attached hydrogens (primary N) is 1. The summed E-state index contributed by atoms with van der Waals surface area (Å²) >= 11 is 0. The monoisotopic (exact) mass is 443 g/mol. The SMILES string of the molecule is Cc1cc(S(N)(=O)=O)cc(NC(=O)c2cc(S(=O)(=O)NC(C)C)ccc2F)c1C. The van der Waals surface area contributed by atoms with E-state index in [1.165, 1.54) is 6.07 Å². The number of carbonyl (C=O) groups is 1. The number of rotatable bonds is 6. The topological polar surface area (TPSA) is 135 Å². The van der Waals surface area contributed by atoms with Gasteiger partial charge in [-0.15, -0.1) is 0 Å². The fourth-order valence-corrected chi connectivity index (χ4v) is 4.43. The Balaban J connectivity index is 2.47. The summed E-state index contributed by atoms with van der Waals surface area (Å²) < 4.78 is 64.4. The Hall–Kier alpha value is -2.34. The number of halogens is 1. The maximum atomic E-state index is 14.2. The third-order valence-electron chi connectivity index (χ3n) is 4.10. The number of benzene rings is 2. The van der Waals surface area contributed by atoms with Crippen LogP contribution >= 0.6 is 0 Å². The summed E-state index contributed by atoms with van der Waals surface area (Å²) in [5.74, 6) is -1.86. The number of sulfonamides is 2. The first-order valence-electron chi connectivity index (χ1n) is 8.49. The second-order valence-electron chi connectivity index (χ2n) is 6.83. The van der Waals surface area contributed by atoms with Crippen molar-refractivity contribution in [2.45, 2.75) is 43.5 Å². The predicted octanol–water partition coefficient (Wildman–Crippen LogP) is 2.03. The first-order valence-corrected chi connectivity index (χ1v) is 11.5. The van der Waals surface area contributed by atoms with E-state index in [1.807, 2.05) is 0 Å². The highest BCUT2D eigenvalue weighted by atomic mass is 32.2. The number of hydrogen-bond donors (Lipinski definition) is 3. The van der Waals surface area contributed by atoms with Crippen molar-refractivity contribution in [3.05, 3.63) is 52.8 Å². The molecule has 0 aliphatic carbocycles. The summed E-state index contributed by atoms with van der Waals surface area (Å²) in [6.07, 6.45) is 0. The van der Waals surface area contributed by atoms with E-state index in [0.29, 0.717) is 11.1 Å². The summed E-state index contributed by atoms with van der Waals surface area (Å²) in [6, 6.07) is 4.96. The van der Waals surface area contributed by atoms with E-state index in [2.05, 4.69) is 10.0 Å². The van der Waals surface area contributed by atoms with Crippen molar-refractivity contribution in [3.8, 4) is 0 Å². The van der Waals surface area contributed by atoms with Crippen LogP contribution in [0.5, 0.6) is 0 Å². The zero-order chi connectivity index (χ0) is 22.1. The predicted molar refractivity (Wildman–Crippen MR) is 107 cm³/mol. The van der Waals surface area contributed by atoms with Crippen LogP contribution in [0.25, 0.3) is 0 Å². The van der Waals surface area contributed by atoms with Crippen molar-refractivity contribution < 1.29 is 26.0 Å². The molecule has 8 nitrogen and oxygen atoms in total. The fourth-order valence-electron chi connectivity index (χ4n) is 2.53. The molecule has 2 rings (SSSR count). The van der Waals surface area contributed by atoms with Crippen LogP contribution < -0.4 is 15.2 Å². The van der Waals surface area contributed by atoms with Crippen LogP contribution in [0.1, 0.15) is 35.3 Å². The minimum atomic E-state index is -4.02. The number of primary sulfonamides is 1. The van der Waals surface area contributed by atoms with E-state index in [4.69, 9.17) is 5.14 Å². The molecule has 158 valence electrons. The number of hydrogen-bond acceptors (Lipinski definition) is 5. The number of anilines is 1. The summed E-state index contributed by atoms with van der Waals surface area (Å²) in [5, 5.41) is 7.57. The van der Waals surface area contributed by atoms with Gasteiger partial charge in [0.1, 0.15) is 5.82 Å². The molecule has 0 spiro atoms. The van der Waals surface area contributed by atoms with Gasteiger partial charge in [0.2, 0.25) is 20.0 Å². The van der Waals surface area contributed by atoms with Crippen LogP contribution in [-0.4, -0.2) is 28.8 Å². The zero-order valence-corrected chi connectivity index (χ0v) is 17.9. The van der Waals surface area contributed by atoms with Crippen molar-refractivity contribution in [1.82, 2.24) is 4.72 Å². The largest absolute Gasteiger partial charge is 0.322 e. The first-order chi connectivity index (χ1) is 13.2. The molecule has 0 saturated heterocycles. The molecule has 0 bridgehead atoms. The third kappa shape index (κ3) is 5.38. The van der Waals surface area contributed by atoms with Crippen molar-refractivity contribution in [3.63, 3.8) is 0 Å². The van der Waals surface area contributed by atoms with Crippen LogP contribution in [0.4, 0.5) is 10.1 Å². The Morgan fingerprint density at radius 3 is 2.21 bits per heavy atom. The van der Waals surface area contributed by atoms with Gasteiger partial charge >= 0.3 is 0 Å². The van der Waals surface area contributed by atoms with Crippen molar-refractivity contribution >= 4 is 31.6 Å². The lowest BCUT2D eigenvalue weighted by Gasteiger charge is -2.14. The van der Waals surface area contributed by atoms with Crippen LogP contribution in [0.15, 0.2) is 40.1 Å². The summed E-state index contributed by atoms with van der Waals surface area (Å²) in [4.78, 5) is 12.1. The standard InChI is InChI=1S/C18H22FN3O5S2/c1-10(2)22-29(26,27)13-5-6-16(19)15(8-13)18(23)21-17-9-14(28(20,24)25)7-11(3)12(17)4/h5-10,22H,1-4H3,(H,21,23)(H2,20,24,25). The number of carbonyl (C=O) groups excluding carboxylic acids is 1. The Bertz CT molecular complexity index is 1180. The molecular formula is C18H22FN3O5S2. The number of aryl methyl sites for hydroxylation is 1. The summed E-state index contributed by atoms with van der Waals surface area (Å²) in [5.41, 5.74) is 0.711. The van der Waals surface area contributed by atoms with E-state index in [1.54, 1.807) is 27.7 Å². The van der Waals surface area contributed by atoms with Crippen LogP contribution in [0.2, 0.25) is 0 Å². The highest BCUT2D eigenvalue weighted by molar-refractivity contribution is 7.89. The molecule has 4 N–H and O–H groups in total. The minimum absolute atomic E-state index is 0.118. The second kappa shape index (κ2) is 8.19. The van der Waals surface area contributed by atoms with Gasteiger partial charge in [-0.25, -0.2) is 31.1 Å². The van der Waals surface area contributed by atoms with Gasteiger partial charge in [0.15, 0.2) is 0 Å². The average Bonchev–Trinajstić information content (AvgIpc) is 2.56. The molecule has 0 unspecified atom stereocenters. The third-order valence-corrected chi connectivity index (χ3v) is 6.65. The lowest BCUT2D eigenvalue weighted by Crippen LogP contribution is -2.30. The van der Waals surface area contributed by atoms with E-state index in [9.17, 15) is 26.0 Å². The first kappa shape index (κ1) is 22.9. The maximum Gasteiger partial charge on any atom is 0.258 e. The molecular weight excluding hydrogens is 421 g/mol. The van der Waals surface area contributed by atoms with E-state index >= 15 is 0 Å². The van der Waals surface area contributed by atoms with Gasteiger partial charge in [-0.2, -0.15) is 0 Å². The second-order valence-corrected chi connectivity index (χ2v) is 10.1. The quantitative estimate of drug-likeness (QED) is 0.628. The van der Waals surface area contributed by atoms with E-state index in [-0.39, 0.29) is 15.5 Å². The summed E-state index contributed by atoms with van der Waals surface area (Å²) in [6.45, 7) is 6.52. The van der Waals surface area contributed by atoms with E-state index in [0.717, 1.165) is 24.3 Å². The number of amides is 1. The van der Waals surface area contributed by atoms with Crippen LogP contribution in [-0.2, 0) is 20.0 Å². The minimum Gasteiger partial charge on any atom is -0.322 e. The molecule has 0 radical (unpaired) electrons. The van der Waals surface area contributed by atoms with Crippen LogP contribution in [0.3, 0.4) is 0 Å². The van der Waals surface area contributed by atoms with Crippen molar-refractivity contribution in [2.75, 3.05) is 5.32 Å². The van der Waals surface area contributed by atoms with Crippen LogP contribution in [0, 0.1) is 19.7 Å². The van der Waals surface area contributed by atoms with Gasteiger partial charge in [0, 0.05) is 11.7 Å². The lowest BCUT2D eigenvalue weighted by molar-refractivity contribution is 0.102. The molecule has 0 aliphatic heterocycles. The Kier molecular flexibility index (Phi) is 6.48. The van der Waals surface area contributed by atoms with E-state index < -0.39 is 43.4 Å². The van der Waals surface area contributed by atoms with Crippen molar-refractivity contribution in [2.24, 2.45) is 5.14 Å². The smallest absolute Gasteiger partial charge is 0.258 e. The molecule has 2 aromatic rings. The molecule has 29 heavy (non-hydrogen) atoms. The Morgan fingerprint density at radius 1 is 1.03 bits per heavy atom. The lowest BCUT2D eigenvalue weighted by atomic mass is 10.1. The molecule has 0 aliphatic rings. The van der Waals surface area contributed by atoms with Gasteiger partial charge in [0.25, 0.3) is 5.91 Å². The molecule has 0 saturated carbocycles. The van der Waals surface area contributed by atoms with Crippen molar-refractivity contribution in [1.29, 1.82) is 0 Å². The Morgan fingerprint density at radius 2 is 1.66 bits per heavy atom. The zero-order valence-electron chi connectivity index (χ0n) is 16.3. The number of nitrogens with one attached hydrogen (secondary N) is 2.